The molecule has 3 aromatic rings. The zero-order valence-corrected chi connectivity index (χ0v) is 21.7. The Bertz CT molecular complexity index is 1250. The Labute approximate surface area is 219 Å². The van der Waals surface area contributed by atoms with E-state index in [2.05, 4.69) is 39.1 Å². The van der Waals surface area contributed by atoms with Crippen LogP contribution in [0.3, 0.4) is 0 Å². The van der Waals surface area contributed by atoms with Crippen LogP contribution in [0, 0.1) is 17.8 Å². The molecule has 0 unspecified atom stereocenters. The van der Waals surface area contributed by atoms with Crippen molar-refractivity contribution in [1.29, 1.82) is 0 Å². The summed E-state index contributed by atoms with van der Waals surface area (Å²) in [5.74, 6) is 2.07. The summed E-state index contributed by atoms with van der Waals surface area (Å²) in [5.41, 5.74) is 2.03. The summed E-state index contributed by atoms with van der Waals surface area (Å²) >= 11 is 0. The van der Waals surface area contributed by atoms with E-state index >= 15 is 0 Å². The standard InChI is InChI=1S/C31H38N4O2/c1-30(19-25-20-33-27-10-6-5-9-26(25)27,28(36)32-12-11-21-7-3-2-4-8-21)34-29(37)35-31-16-22-13-23(17-31)15-24(14-22)18-31/h2-10,20,22-24,33H,11-19H2,1H3,(H,32,36)(H2,34,35,37)/t22?,23?,24?,30-,31?/m0/s1. The molecule has 6 heteroatoms. The third-order valence-corrected chi connectivity index (χ3v) is 9.07. The molecule has 194 valence electrons. The van der Waals surface area contributed by atoms with Gasteiger partial charge < -0.3 is 20.9 Å². The van der Waals surface area contributed by atoms with E-state index in [0.29, 0.717) is 13.0 Å². The molecule has 1 heterocycles. The molecule has 6 nitrogen and oxygen atoms in total. The fourth-order valence-electron chi connectivity index (χ4n) is 7.79. The highest BCUT2D eigenvalue weighted by molar-refractivity contribution is 5.92. The first-order chi connectivity index (χ1) is 17.9. The lowest BCUT2D eigenvalue weighted by Crippen LogP contribution is -2.66. The number of nitrogens with one attached hydrogen (secondary N) is 4. The van der Waals surface area contributed by atoms with Crippen molar-refractivity contribution in [2.24, 2.45) is 17.8 Å². The van der Waals surface area contributed by atoms with Crippen LogP contribution in [0.5, 0.6) is 0 Å². The van der Waals surface area contributed by atoms with Gasteiger partial charge in [0.1, 0.15) is 5.54 Å². The Hall–Kier alpha value is -3.28. The minimum absolute atomic E-state index is 0.107. The second-order valence-electron chi connectivity index (χ2n) is 12.1. The Morgan fingerprint density at radius 3 is 2.30 bits per heavy atom. The fraction of sp³-hybridized carbons (Fsp3) is 0.484. The number of hydrogen-bond acceptors (Lipinski definition) is 2. The van der Waals surface area contributed by atoms with Crippen LogP contribution in [0.1, 0.15) is 56.6 Å². The topological polar surface area (TPSA) is 86.0 Å². The average Bonchev–Trinajstić information content (AvgIpc) is 3.25. The lowest BCUT2D eigenvalue weighted by Gasteiger charge is -2.56. The third kappa shape index (κ3) is 4.98. The number of aromatic amines is 1. The fourth-order valence-corrected chi connectivity index (χ4v) is 7.79. The molecule has 0 radical (unpaired) electrons. The van der Waals surface area contributed by atoms with Crippen LogP contribution >= 0.6 is 0 Å². The molecular weight excluding hydrogens is 460 g/mol. The van der Waals surface area contributed by atoms with Crippen molar-refractivity contribution in [3.05, 3.63) is 71.9 Å². The van der Waals surface area contributed by atoms with Crippen LogP contribution in [0.4, 0.5) is 4.79 Å². The number of urea groups is 1. The van der Waals surface area contributed by atoms with E-state index in [1.54, 1.807) is 0 Å². The maximum absolute atomic E-state index is 13.7. The van der Waals surface area contributed by atoms with Gasteiger partial charge >= 0.3 is 6.03 Å². The molecule has 4 aliphatic carbocycles. The quantitative estimate of drug-likeness (QED) is 0.348. The molecule has 4 saturated carbocycles. The molecule has 3 amide bonds. The molecule has 0 aliphatic heterocycles. The van der Waals surface area contributed by atoms with Gasteiger partial charge in [-0.05, 0) is 86.8 Å². The predicted octanol–water partition coefficient (Wildman–Crippen LogP) is 5.10. The second-order valence-corrected chi connectivity index (χ2v) is 12.1. The summed E-state index contributed by atoms with van der Waals surface area (Å²) in [6, 6.07) is 18.0. The SMILES string of the molecule is C[C@@](Cc1c[nH]c2ccccc12)(NC(=O)NC12CC3CC(CC(C3)C1)C2)C(=O)NCCc1ccccc1. The van der Waals surface area contributed by atoms with Gasteiger partial charge in [0.25, 0.3) is 0 Å². The minimum atomic E-state index is -1.09. The Balaban J connectivity index is 1.19. The van der Waals surface area contributed by atoms with E-state index in [1.807, 2.05) is 49.5 Å². The summed E-state index contributed by atoms with van der Waals surface area (Å²) in [7, 11) is 0. The molecule has 4 aliphatic rings. The summed E-state index contributed by atoms with van der Waals surface area (Å²) in [6.45, 7) is 2.37. The first-order valence-corrected chi connectivity index (χ1v) is 13.9. The monoisotopic (exact) mass is 498 g/mol. The van der Waals surface area contributed by atoms with E-state index in [0.717, 1.165) is 59.9 Å². The first-order valence-electron chi connectivity index (χ1n) is 13.9. The van der Waals surface area contributed by atoms with Crippen molar-refractivity contribution in [3.8, 4) is 0 Å². The molecule has 1 aromatic heterocycles. The molecule has 4 fully saturated rings. The number of fused-ring (bicyclic) bond motifs is 1. The molecule has 2 aromatic carbocycles. The zero-order valence-electron chi connectivity index (χ0n) is 21.7. The number of benzene rings is 2. The van der Waals surface area contributed by atoms with Gasteiger partial charge in [-0.15, -0.1) is 0 Å². The van der Waals surface area contributed by atoms with E-state index < -0.39 is 5.54 Å². The number of aromatic nitrogens is 1. The number of H-pyrrole nitrogens is 1. The normalized spacial score (nSPS) is 27.5. The molecule has 37 heavy (non-hydrogen) atoms. The third-order valence-electron chi connectivity index (χ3n) is 9.07. The maximum Gasteiger partial charge on any atom is 0.316 e. The van der Waals surface area contributed by atoms with Crippen molar-refractivity contribution in [2.75, 3.05) is 6.54 Å². The van der Waals surface area contributed by atoms with E-state index in [9.17, 15) is 9.59 Å². The number of rotatable bonds is 8. The lowest BCUT2D eigenvalue weighted by atomic mass is 9.53. The number of amides is 3. The van der Waals surface area contributed by atoms with Crippen LogP contribution in [0.25, 0.3) is 10.9 Å². The van der Waals surface area contributed by atoms with Crippen molar-refractivity contribution >= 4 is 22.8 Å². The molecule has 1 atom stereocenters. The zero-order chi connectivity index (χ0) is 25.5. The van der Waals surface area contributed by atoms with Crippen LogP contribution < -0.4 is 16.0 Å². The number of para-hydroxylation sites is 1. The maximum atomic E-state index is 13.7. The average molecular weight is 499 g/mol. The number of carbonyl (C=O) groups is 2. The highest BCUT2D eigenvalue weighted by Crippen LogP contribution is 2.55. The van der Waals surface area contributed by atoms with Gasteiger partial charge in [0.05, 0.1) is 0 Å². The van der Waals surface area contributed by atoms with Gasteiger partial charge in [-0.2, -0.15) is 0 Å². The van der Waals surface area contributed by atoms with Crippen molar-refractivity contribution in [1.82, 2.24) is 20.9 Å². The van der Waals surface area contributed by atoms with Crippen LogP contribution in [0.2, 0.25) is 0 Å². The van der Waals surface area contributed by atoms with Crippen molar-refractivity contribution in [3.63, 3.8) is 0 Å². The minimum Gasteiger partial charge on any atom is -0.361 e. The van der Waals surface area contributed by atoms with E-state index in [4.69, 9.17) is 0 Å². The molecule has 4 N–H and O–H groups in total. The first kappa shape index (κ1) is 24.1. The molecule has 0 saturated heterocycles. The largest absolute Gasteiger partial charge is 0.361 e. The number of carbonyl (C=O) groups excluding carboxylic acids is 2. The highest BCUT2D eigenvalue weighted by atomic mass is 16.2. The van der Waals surface area contributed by atoms with Gasteiger partial charge in [-0.25, -0.2) is 4.79 Å². The smallest absolute Gasteiger partial charge is 0.316 e. The number of hydrogen-bond donors (Lipinski definition) is 4. The Morgan fingerprint density at radius 1 is 0.946 bits per heavy atom. The molecule has 7 rings (SSSR count). The molecule has 4 bridgehead atoms. The second kappa shape index (κ2) is 9.55. The lowest BCUT2D eigenvalue weighted by molar-refractivity contribution is -0.126. The highest BCUT2D eigenvalue weighted by Gasteiger charge is 2.52. The van der Waals surface area contributed by atoms with Gasteiger partial charge in [0, 0.05) is 35.6 Å². The van der Waals surface area contributed by atoms with Gasteiger partial charge in [-0.1, -0.05) is 48.5 Å². The van der Waals surface area contributed by atoms with Gasteiger partial charge in [0.15, 0.2) is 0 Å². The van der Waals surface area contributed by atoms with Gasteiger partial charge in [-0.3, -0.25) is 4.79 Å². The van der Waals surface area contributed by atoms with Crippen LogP contribution in [0.15, 0.2) is 60.8 Å². The van der Waals surface area contributed by atoms with Crippen molar-refractivity contribution < 1.29 is 9.59 Å². The molecular formula is C31H38N4O2. The van der Waals surface area contributed by atoms with Crippen LogP contribution in [-0.4, -0.2) is 34.5 Å². The summed E-state index contributed by atoms with van der Waals surface area (Å²) in [6.07, 6.45) is 10.3. The Morgan fingerprint density at radius 2 is 1.59 bits per heavy atom. The van der Waals surface area contributed by atoms with Gasteiger partial charge in [0.2, 0.25) is 5.91 Å². The van der Waals surface area contributed by atoms with Crippen LogP contribution in [-0.2, 0) is 17.6 Å². The van der Waals surface area contributed by atoms with Crippen molar-refractivity contribution in [2.45, 2.75) is 69.4 Å². The van der Waals surface area contributed by atoms with E-state index in [-0.39, 0.29) is 17.5 Å². The Kier molecular flexibility index (Phi) is 6.21. The van der Waals surface area contributed by atoms with E-state index in [1.165, 1.54) is 24.8 Å². The summed E-state index contributed by atoms with van der Waals surface area (Å²) in [4.78, 5) is 30.5. The molecule has 0 spiro atoms. The summed E-state index contributed by atoms with van der Waals surface area (Å²) < 4.78 is 0. The predicted molar refractivity (Wildman–Crippen MR) is 146 cm³/mol. The summed E-state index contributed by atoms with van der Waals surface area (Å²) in [5, 5.41) is 10.7.